The van der Waals surface area contributed by atoms with Crippen LogP contribution in [0.2, 0.25) is 0 Å². The molecule has 5 heteroatoms. The Labute approximate surface area is 300 Å². The van der Waals surface area contributed by atoms with E-state index >= 15 is 0 Å². The third kappa shape index (κ3) is 4.75. The molecule has 0 saturated carbocycles. The molecule has 2 heterocycles. The van der Waals surface area contributed by atoms with Crippen molar-refractivity contribution in [2.75, 3.05) is 0 Å². The van der Waals surface area contributed by atoms with E-state index in [1.807, 2.05) is 0 Å². The van der Waals surface area contributed by atoms with Gasteiger partial charge in [-0.15, -0.1) is 0 Å². The topological polar surface area (TPSA) is 9.86 Å². The van der Waals surface area contributed by atoms with Crippen molar-refractivity contribution in [1.82, 2.24) is 9.13 Å². The van der Waals surface area contributed by atoms with Gasteiger partial charge in [-0.3, -0.25) is 0 Å². The Hall–Kier alpha value is -3.11. The third-order valence-electron chi connectivity index (χ3n) is 11.0. The number of halogens is 2. The predicted octanol–water partition coefficient (Wildman–Crippen LogP) is 4.26. The first kappa shape index (κ1) is 31.2. The van der Waals surface area contributed by atoms with Crippen molar-refractivity contribution in [2.45, 2.75) is 58.7 Å². The summed E-state index contributed by atoms with van der Waals surface area (Å²) in [6.07, 6.45) is 20.1. The van der Waals surface area contributed by atoms with Crippen LogP contribution in [0.15, 0.2) is 97.1 Å². The summed E-state index contributed by atoms with van der Waals surface area (Å²) in [5.41, 5.74) is 17.9. The van der Waals surface area contributed by atoms with Crippen LogP contribution in [-0.4, -0.2) is 9.13 Å². The summed E-state index contributed by atoms with van der Waals surface area (Å²) in [5, 5.41) is 2.92. The van der Waals surface area contributed by atoms with E-state index in [9.17, 15) is 0 Å². The summed E-state index contributed by atoms with van der Waals surface area (Å²) >= 11 is -1.18. The normalized spacial score (nSPS) is 18.6. The van der Waals surface area contributed by atoms with E-state index < -0.39 is 22.9 Å². The number of nitrogens with zero attached hydrogens (tertiary/aromatic N) is 2. The van der Waals surface area contributed by atoms with Crippen LogP contribution in [0.5, 0.6) is 0 Å². The first-order chi connectivity index (χ1) is 22.3. The number of fused-ring (bicyclic) bond motifs is 8. The molecule has 2 nitrogen and oxygen atoms in total. The minimum Gasteiger partial charge on any atom is -1.00 e. The average molecular weight is 818 g/mol. The van der Waals surface area contributed by atoms with E-state index in [4.69, 9.17) is 0 Å². The van der Waals surface area contributed by atoms with Crippen molar-refractivity contribution in [3.05, 3.63) is 142 Å². The Morgan fingerprint density at radius 2 is 0.936 bits per heavy atom. The van der Waals surface area contributed by atoms with Gasteiger partial charge in [0.2, 0.25) is 0 Å². The molecule has 0 radical (unpaired) electrons. The molecule has 4 aromatic carbocycles. The fraction of sp³-hybridized carbons (Fsp3) is 0.238. The van der Waals surface area contributed by atoms with E-state index in [1.165, 1.54) is 95.7 Å². The molecule has 0 aliphatic heterocycles. The Balaban J connectivity index is 0.00000162. The summed E-state index contributed by atoms with van der Waals surface area (Å²) in [7, 11) is 0. The van der Waals surface area contributed by atoms with Crippen LogP contribution in [-0.2, 0) is 48.6 Å². The van der Waals surface area contributed by atoms with Crippen molar-refractivity contribution in [3.63, 3.8) is 0 Å². The maximum Gasteiger partial charge on any atom is -1.00 e. The molecular weight excluding hydrogens is 782 g/mol. The van der Waals surface area contributed by atoms with E-state index in [2.05, 4.69) is 118 Å². The molecule has 4 aliphatic rings. The maximum absolute atomic E-state index is 2.63. The van der Waals surface area contributed by atoms with E-state index in [0.29, 0.717) is 7.35 Å². The molecule has 0 spiro atoms. The molecule has 2 unspecified atom stereocenters. The van der Waals surface area contributed by atoms with Gasteiger partial charge < -0.3 is 24.8 Å². The monoisotopic (exact) mass is 818 g/mol. The molecule has 2 atom stereocenters. The molecule has 10 rings (SSSR count). The number of para-hydroxylation sites is 2. The van der Waals surface area contributed by atoms with Gasteiger partial charge in [-0.1, -0.05) is 0 Å². The largest absolute Gasteiger partial charge is 1.00 e. The molecule has 0 fully saturated rings. The zero-order chi connectivity index (χ0) is 29.5. The number of benzene rings is 4. The fourth-order valence-electron chi connectivity index (χ4n) is 9.05. The Morgan fingerprint density at radius 1 is 0.489 bits per heavy atom. The minimum absolute atomic E-state index is 0. The molecule has 0 amide bonds. The van der Waals surface area contributed by atoms with Gasteiger partial charge in [-0.25, -0.2) is 0 Å². The summed E-state index contributed by atoms with van der Waals surface area (Å²) in [6, 6.07) is 32.5. The zero-order valence-electron chi connectivity index (χ0n) is 26.4. The first-order valence-electron chi connectivity index (χ1n) is 17.0. The van der Waals surface area contributed by atoms with Crippen molar-refractivity contribution in [2.24, 2.45) is 0 Å². The summed E-state index contributed by atoms with van der Waals surface area (Å²) in [5.74, 6) is 0. The van der Waals surface area contributed by atoms with Crippen LogP contribution in [0.4, 0.5) is 0 Å². The SMILES string of the molecule is C1=C[CH]([Hf+2][CH]2C=Cc3c2cccc3-n2c3c(c4ccccc42)CCCC3)c2cccc(-n3c4c(c5ccccc53)CCCC4)c21.[Cl-].[Cl-]. The van der Waals surface area contributed by atoms with Gasteiger partial charge in [0.15, 0.2) is 0 Å². The summed E-state index contributed by atoms with van der Waals surface area (Å²) in [4.78, 5) is 0. The van der Waals surface area contributed by atoms with Crippen molar-refractivity contribution < 1.29 is 47.7 Å². The van der Waals surface area contributed by atoms with Crippen LogP contribution < -0.4 is 24.8 Å². The van der Waals surface area contributed by atoms with E-state index in [1.54, 1.807) is 33.6 Å². The Bertz CT molecular complexity index is 2080. The predicted molar refractivity (Wildman–Crippen MR) is 183 cm³/mol. The second-order valence-electron chi connectivity index (χ2n) is 13.4. The Morgan fingerprint density at radius 3 is 1.43 bits per heavy atom. The van der Waals surface area contributed by atoms with Gasteiger partial charge in [0.05, 0.1) is 0 Å². The van der Waals surface area contributed by atoms with Crippen molar-refractivity contribution in [1.29, 1.82) is 0 Å². The maximum atomic E-state index is 2.63. The molecule has 4 aliphatic carbocycles. The molecule has 2 aromatic heterocycles. The molecule has 0 bridgehead atoms. The van der Waals surface area contributed by atoms with Gasteiger partial charge in [0.1, 0.15) is 0 Å². The van der Waals surface area contributed by atoms with Crippen molar-refractivity contribution >= 4 is 34.0 Å². The van der Waals surface area contributed by atoms with Gasteiger partial charge in [-0.2, -0.15) is 0 Å². The molecule has 0 saturated heterocycles. The number of rotatable bonds is 4. The molecule has 0 N–H and O–H groups in total. The van der Waals surface area contributed by atoms with Gasteiger partial charge in [0, 0.05) is 0 Å². The van der Waals surface area contributed by atoms with Crippen LogP contribution in [0.3, 0.4) is 0 Å². The third-order valence-corrected chi connectivity index (χ3v) is 17.2. The average Bonchev–Trinajstić information content (AvgIpc) is 3.86. The van der Waals surface area contributed by atoms with Crippen molar-refractivity contribution in [3.8, 4) is 11.4 Å². The second-order valence-corrected chi connectivity index (χ2v) is 19.0. The van der Waals surface area contributed by atoms with Crippen LogP contribution in [0.1, 0.15) is 77.8 Å². The number of allylic oxidation sites excluding steroid dienone is 2. The molecular formula is C42H36Cl2HfN2. The number of hydrogen-bond acceptors (Lipinski definition) is 0. The number of aromatic nitrogens is 2. The van der Waals surface area contributed by atoms with E-state index in [-0.39, 0.29) is 24.8 Å². The van der Waals surface area contributed by atoms with Crippen LogP contribution >= 0.6 is 0 Å². The summed E-state index contributed by atoms with van der Waals surface area (Å²) < 4.78 is 6.48. The quantitative estimate of drug-likeness (QED) is 0.236. The number of hydrogen-bond donors (Lipinski definition) is 0. The van der Waals surface area contributed by atoms with Gasteiger partial charge in [-0.05, 0) is 0 Å². The molecule has 232 valence electrons. The fourth-order valence-corrected chi connectivity index (χ4v) is 15.0. The second kappa shape index (κ2) is 12.4. The van der Waals surface area contributed by atoms with Crippen LogP contribution in [0, 0.1) is 0 Å². The smallest absolute Gasteiger partial charge is 1.00 e. The van der Waals surface area contributed by atoms with Gasteiger partial charge >= 0.3 is 278 Å². The molecule has 47 heavy (non-hydrogen) atoms. The van der Waals surface area contributed by atoms with E-state index in [0.717, 1.165) is 0 Å². The number of aryl methyl sites for hydroxylation is 2. The molecule has 6 aromatic rings. The zero-order valence-corrected chi connectivity index (χ0v) is 31.5. The Kier molecular flexibility index (Phi) is 8.23. The van der Waals surface area contributed by atoms with Gasteiger partial charge in [0.25, 0.3) is 0 Å². The summed E-state index contributed by atoms with van der Waals surface area (Å²) in [6.45, 7) is 0. The minimum atomic E-state index is -1.18. The van der Waals surface area contributed by atoms with Crippen LogP contribution in [0.25, 0.3) is 45.3 Å². The first-order valence-corrected chi connectivity index (χ1v) is 21.1. The standard InChI is InChI=1S/2C21H18N.2ClH.Hf/c2*1-3-12-20-17(9-1)18-10-2-4-13-21(18)22(20)19-14-6-8-15-7-5-11-16(15)19;;;/h2*1,3,5-9,11-12,14H,2,4,10,13H2;2*1H;/q;;;;+2/p-2.